The number of amides is 2. The molecule has 0 unspecified atom stereocenters. The molecule has 0 saturated carbocycles. The number of rotatable bonds is 15. The van der Waals surface area contributed by atoms with Crippen molar-refractivity contribution >= 4 is 18.1 Å². The number of benzene rings is 3. The molecule has 4 aromatic rings. The number of aliphatic hydroxyl groups is 2. The van der Waals surface area contributed by atoms with E-state index in [0.29, 0.717) is 12.1 Å². The van der Waals surface area contributed by atoms with E-state index in [1.54, 1.807) is 6.20 Å². The van der Waals surface area contributed by atoms with Gasteiger partial charge in [0.15, 0.2) is 0 Å². The molecule has 0 aliphatic rings. The molecule has 0 aliphatic heterocycles. The van der Waals surface area contributed by atoms with Crippen molar-refractivity contribution in [3.05, 3.63) is 108 Å². The Morgan fingerprint density at radius 3 is 1.74 bits per heavy atom. The number of H-pyrrole nitrogens is 1. The van der Waals surface area contributed by atoms with Gasteiger partial charge in [0.05, 0.1) is 36.2 Å². The standard InChI is InChI=1S/C36H45N5O6/c1-36(2,3)24-40(34(44)45)29(19-25-13-7-4-8-14-25)31(42)22-37-23-32(43)30(20-26-15-9-5-10-16-26)41(35(46)47)33-38-21-28(39-33)27-17-11-6-12-18-27/h4-18,21,29-32,37,42-43H,19-20,22-24H2,1-3H3,(H,38,39)(H,44,45)(H,46,47)/t29-,30-,31+,32+/m0/s1. The van der Waals surface area contributed by atoms with E-state index in [-0.39, 0.29) is 37.4 Å². The van der Waals surface area contributed by atoms with Crippen LogP contribution in [-0.4, -0.2) is 91.4 Å². The van der Waals surface area contributed by atoms with Crippen LogP contribution >= 0.6 is 0 Å². The van der Waals surface area contributed by atoms with Gasteiger partial charge in [-0.15, -0.1) is 0 Å². The maximum atomic E-state index is 12.7. The molecule has 6 N–H and O–H groups in total. The minimum absolute atomic E-state index is 0.0352. The molecule has 11 nitrogen and oxygen atoms in total. The van der Waals surface area contributed by atoms with Crippen molar-refractivity contribution in [3.8, 4) is 11.3 Å². The maximum Gasteiger partial charge on any atom is 0.414 e. The first kappa shape index (κ1) is 35.1. The number of aromatic nitrogens is 2. The predicted octanol–water partition coefficient (Wildman–Crippen LogP) is 5.12. The lowest BCUT2D eigenvalue weighted by atomic mass is 9.92. The van der Waals surface area contributed by atoms with E-state index in [2.05, 4.69) is 15.3 Å². The van der Waals surface area contributed by atoms with Gasteiger partial charge in [-0.3, -0.25) is 0 Å². The third-order valence-corrected chi connectivity index (χ3v) is 7.87. The summed E-state index contributed by atoms with van der Waals surface area (Å²) in [6.45, 7) is 5.91. The molecule has 11 heteroatoms. The van der Waals surface area contributed by atoms with Gasteiger partial charge in [-0.05, 0) is 34.9 Å². The van der Waals surface area contributed by atoms with Gasteiger partial charge in [0, 0.05) is 19.6 Å². The number of aromatic amines is 1. The zero-order valence-electron chi connectivity index (χ0n) is 27.0. The van der Waals surface area contributed by atoms with Crippen LogP contribution in [-0.2, 0) is 12.8 Å². The quantitative estimate of drug-likeness (QED) is 0.104. The van der Waals surface area contributed by atoms with Crippen LogP contribution in [0, 0.1) is 5.41 Å². The van der Waals surface area contributed by atoms with Gasteiger partial charge in [0.1, 0.15) is 0 Å². The normalized spacial score (nSPS) is 14.1. The molecular formula is C36H45N5O6. The summed E-state index contributed by atoms with van der Waals surface area (Å²) in [5.74, 6) is 0.0681. The first-order valence-electron chi connectivity index (χ1n) is 15.7. The summed E-state index contributed by atoms with van der Waals surface area (Å²) in [4.78, 5) is 34.9. The van der Waals surface area contributed by atoms with Crippen molar-refractivity contribution in [2.24, 2.45) is 5.41 Å². The number of aliphatic hydroxyl groups excluding tert-OH is 2. The molecule has 1 aromatic heterocycles. The fraction of sp³-hybridized carbons (Fsp3) is 0.361. The van der Waals surface area contributed by atoms with E-state index in [0.717, 1.165) is 21.6 Å². The summed E-state index contributed by atoms with van der Waals surface area (Å²) in [7, 11) is 0. The summed E-state index contributed by atoms with van der Waals surface area (Å²) >= 11 is 0. The second-order valence-electron chi connectivity index (χ2n) is 12.9. The SMILES string of the molecule is CC(C)(C)CN(C(=O)O)[C@@H](Cc1ccccc1)[C@H](O)CNC[C@@H](O)[C@H](Cc1ccccc1)N(C(=O)O)c1ncc(-c2ccccc2)[nH]1. The van der Waals surface area contributed by atoms with E-state index >= 15 is 0 Å². The van der Waals surface area contributed by atoms with Crippen molar-refractivity contribution in [1.82, 2.24) is 20.2 Å². The minimum Gasteiger partial charge on any atom is -0.465 e. The number of carboxylic acid groups (broad SMARTS) is 2. The van der Waals surface area contributed by atoms with Gasteiger partial charge in [0.2, 0.25) is 5.95 Å². The number of hydrogen-bond acceptors (Lipinski definition) is 6. The number of nitrogens with one attached hydrogen (secondary N) is 2. The number of nitrogens with zero attached hydrogens (tertiary/aromatic N) is 3. The van der Waals surface area contributed by atoms with E-state index in [9.17, 15) is 30.0 Å². The third-order valence-electron chi connectivity index (χ3n) is 7.87. The Labute approximate surface area is 275 Å². The molecule has 0 spiro atoms. The Morgan fingerprint density at radius 1 is 0.766 bits per heavy atom. The molecule has 250 valence electrons. The Kier molecular flexibility index (Phi) is 12.1. The molecule has 0 aliphatic carbocycles. The lowest BCUT2D eigenvalue weighted by Gasteiger charge is -2.37. The molecular weight excluding hydrogens is 598 g/mol. The smallest absolute Gasteiger partial charge is 0.414 e. The summed E-state index contributed by atoms with van der Waals surface area (Å²) in [6, 6.07) is 26.3. The molecule has 0 radical (unpaired) electrons. The van der Waals surface area contributed by atoms with Crippen LogP contribution in [0.1, 0.15) is 31.9 Å². The Bertz CT molecular complexity index is 1540. The maximum absolute atomic E-state index is 12.7. The van der Waals surface area contributed by atoms with Crippen LogP contribution in [0.4, 0.5) is 15.5 Å². The van der Waals surface area contributed by atoms with Crippen molar-refractivity contribution in [1.29, 1.82) is 0 Å². The first-order valence-corrected chi connectivity index (χ1v) is 15.7. The van der Waals surface area contributed by atoms with Crippen LogP contribution in [0.25, 0.3) is 11.3 Å². The number of imidazole rings is 1. The monoisotopic (exact) mass is 643 g/mol. The Morgan fingerprint density at radius 2 is 1.26 bits per heavy atom. The summed E-state index contributed by atoms with van der Waals surface area (Å²) in [5.41, 5.74) is 2.81. The van der Waals surface area contributed by atoms with Crippen LogP contribution < -0.4 is 10.2 Å². The first-order chi connectivity index (χ1) is 22.4. The predicted molar refractivity (Wildman–Crippen MR) is 181 cm³/mol. The Hall–Kier alpha value is -4.71. The summed E-state index contributed by atoms with van der Waals surface area (Å²) in [6.07, 6.45) is -2.73. The zero-order chi connectivity index (χ0) is 34.0. The Balaban J connectivity index is 1.54. The second kappa shape index (κ2) is 16.2. The highest BCUT2D eigenvalue weighted by Gasteiger charge is 2.35. The van der Waals surface area contributed by atoms with Gasteiger partial charge in [0.25, 0.3) is 0 Å². The molecule has 2 amide bonds. The van der Waals surface area contributed by atoms with Gasteiger partial charge >= 0.3 is 12.2 Å². The van der Waals surface area contributed by atoms with Gasteiger partial charge in [-0.1, -0.05) is 112 Å². The van der Waals surface area contributed by atoms with Crippen LogP contribution in [0.5, 0.6) is 0 Å². The van der Waals surface area contributed by atoms with Crippen LogP contribution in [0.2, 0.25) is 0 Å². The summed E-state index contributed by atoms with van der Waals surface area (Å²) in [5, 5.41) is 46.5. The molecule has 0 fully saturated rings. The molecule has 1 heterocycles. The largest absolute Gasteiger partial charge is 0.465 e. The lowest BCUT2D eigenvalue weighted by molar-refractivity contribution is 0.0315. The van der Waals surface area contributed by atoms with Gasteiger partial charge in [-0.2, -0.15) is 0 Å². The fourth-order valence-electron chi connectivity index (χ4n) is 5.64. The van der Waals surface area contributed by atoms with Crippen molar-refractivity contribution in [2.75, 3.05) is 24.5 Å². The highest BCUT2D eigenvalue weighted by molar-refractivity contribution is 5.85. The average Bonchev–Trinajstić information content (AvgIpc) is 3.52. The molecule has 4 rings (SSSR count). The minimum atomic E-state index is -1.29. The molecule has 47 heavy (non-hydrogen) atoms. The topological polar surface area (TPSA) is 162 Å². The van der Waals surface area contributed by atoms with Crippen molar-refractivity contribution < 1.29 is 30.0 Å². The highest BCUT2D eigenvalue weighted by atomic mass is 16.4. The number of carbonyl (C=O) groups is 2. The van der Waals surface area contributed by atoms with Crippen molar-refractivity contribution in [3.63, 3.8) is 0 Å². The fourth-order valence-corrected chi connectivity index (χ4v) is 5.64. The lowest BCUT2D eigenvalue weighted by Crippen LogP contribution is -2.55. The zero-order valence-corrected chi connectivity index (χ0v) is 27.0. The van der Waals surface area contributed by atoms with E-state index in [1.165, 1.54) is 4.90 Å². The third kappa shape index (κ3) is 10.1. The number of hydrogen-bond donors (Lipinski definition) is 6. The van der Waals surface area contributed by atoms with Gasteiger partial charge < -0.3 is 35.6 Å². The molecule has 3 aromatic carbocycles. The van der Waals surface area contributed by atoms with E-state index in [1.807, 2.05) is 112 Å². The highest BCUT2D eigenvalue weighted by Crippen LogP contribution is 2.25. The van der Waals surface area contributed by atoms with E-state index in [4.69, 9.17) is 0 Å². The van der Waals surface area contributed by atoms with Crippen LogP contribution in [0.15, 0.2) is 97.2 Å². The number of anilines is 1. The van der Waals surface area contributed by atoms with E-state index < -0.39 is 36.5 Å². The molecule has 0 saturated heterocycles. The van der Waals surface area contributed by atoms with Gasteiger partial charge in [-0.25, -0.2) is 19.5 Å². The van der Waals surface area contributed by atoms with Crippen molar-refractivity contribution in [2.45, 2.75) is 57.9 Å². The second-order valence-corrected chi connectivity index (χ2v) is 12.9. The summed E-state index contributed by atoms with van der Waals surface area (Å²) < 4.78 is 0. The molecule has 0 bridgehead atoms. The molecule has 4 atom stereocenters. The average molecular weight is 644 g/mol. The van der Waals surface area contributed by atoms with Crippen LogP contribution in [0.3, 0.4) is 0 Å².